The second kappa shape index (κ2) is 11.8. The molecular weight excluding hydrogens is 332 g/mol. The van der Waals surface area contributed by atoms with Crippen molar-refractivity contribution < 1.29 is 20.5 Å². The molecule has 0 bridgehead atoms. The fourth-order valence-electron chi connectivity index (χ4n) is 2.67. The van der Waals surface area contributed by atoms with E-state index in [0.717, 1.165) is 12.8 Å². The Morgan fingerprint density at radius 3 is 2.62 bits per heavy atom. The smallest absolute Gasteiger partial charge is 0.330 e. The van der Waals surface area contributed by atoms with Gasteiger partial charge in [-0.05, 0) is 25.0 Å². The van der Waals surface area contributed by atoms with Gasteiger partial charge in [-0.25, -0.2) is 4.79 Å². The summed E-state index contributed by atoms with van der Waals surface area (Å²) in [7, 11) is 1.30. The molecule has 0 saturated carbocycles. The number of piperidine rings is 1. The van der Waals surface area contributed by atoms with Crippen LogP contribution in [0.2, 0.25) is 0 Å². The molecule has 1 aromatic rings. The van der Waals surface area contributed by atoms with Gasteiger partial charge in [-0.15, -0.1) is 0 Å². The molecule has 6 heteroatoms. The van der Waals surface area contributed by atoms with Gasteiger partial charge in [-0.2, -0.15) is 0 Å². The number of esters is 1. The van der Waals surface area contributed by atoms with Crippen molar-refractivity contribution in [1.29, 1.82) is 0 Å². The fraction of sp³-hybridized carbons (Fsp3) is 0.450. The first-order valence-electron chi connectivity index (χ1n) is 8.98. The molecule has 1 N–H and O–H groups in total. The highest BCUT2D eigenvalue weighted by atomic mass is 16.5. The van der Waals surface area contributed by atoms with Crippen LogP contribution in [-0.4, -0.2) is 49.4 Å². The number of carbonyl (C=O) groups is 3. The molecule has 0 aliphatic carbocycles. The number of methoxy groups -OCH3 is 1. The van der Waals surface area contributed by atoms with E-state index in [1.807, 2.05) is 32.0 Å². The minimum absolute atomic E-state index is 0. The Bertz CT molecular complexity index is 620. The lowest BCUT2D eigenvalue weighted by molar-refractivity contribution is -0.135. The van der Waals surface area contributed by atoms with E-state index in [0.29, 0.717) is 18.7 Å². The summed E-state index contributed by atoms with van der Waals surface area (Å²) in [6.07, 6.45) is 4.37. The summed E-state index contributed by atoms with van der Waals surface area (Å²) in [6, 6.07) is 9.09. The summed E-state index contributed by atoms with van der Waals surface area (Å²) in [5.74, 6) is -0.826. The van der Waals surface area contributed by atoms with Gasteiger partial charge in [0.05, 0.1) is 13.0 Å². The Labute approximate surface area is 156 Å². The van der Waals surface area contributed by atoms with Crippen molar-refractivity contribution in [2.24, 2.45) is 5.92 Å². The first kappa shape index (κ1) is 21.4. The van der Waals surface area contributed by atoms with Gasteiger partial charge >= 0.3 is 5.97 Å². The van der Waals surface area contributed by atoms with Gasteiger partial charge in [0, 0.05) is 32.7 Å². The van der Waals surface area contributed by atoms with Crippen LogP contribution in [0.25, 0.3) is 0 Å². The standard InChI is InChI=1S/C18H22N2O4.C2H6.H2/c1-24-16(21)10-5-11-19-17(22)15-9-6-12-20(13-15)18(23)14-7-3-2-4-8-14;1-2;/h2-5,7-8,10,15H,6,9,11-13H2,1H3,(H,19,22);1-2H3;1H/b10-5+;;. The number of nitrogens with zero attached hydrogens (tertiary/aromatic N) is 1. The highest BCUT2D eigenvalue weighted by Gasteiger charge is 2.28. The zero-order valence-electron chi connectivity index (χ0n) is 15.7. The molecule has 2 rings (SSSR count). The number of nitrogens with one attached hydrogen (secondary N) is 1. The molecule has 144 valence electrons. The maximum absolute atomic E-state index is 12.5. The van der Waals surface area contributed by atoms with Crippen molar-refractivity contribution in [2.45, 2.75) is 26.7 Å². The number of carbonyl (C=O) groups excluding carboxylic acids is 3. The third-order valence-electron chi connectivity index (χ3n) is 3.95. The summed E-state index contributed by atoms with van der Waals surface area (Å²) >= 11 is 0. The summed E-state index contributed by atoms with van der Waals surface area (Å²) in [5, 5.41) is 2.76. The molecule has 1 saturated heterocycles. The lowest BCUT2D eigenvalue weighted by atomic mass is 9.96. The van der Waals surface area contributed by atoms with Crippen LogP contribution in [0.5, 0.6) is 0 Å². The Balaban J connectivity index is 0.00000218. The number of likely N-dealkylation sites (tertiary alicyclic amines) is 1. The largest absolute Gasteiger partial charge is 0.466 e. The number of rotatable bonds is 5. The topological polar surface area (TPSA) is 75.7 Å². The Morgan fingerprint density at radius 1 is 1.27 bits per heavy atom. The Morgan fingerprint density at radius 2 is 1.96 bits per heavy atom. The van der Waals surface area contributed by atoms with E-state index in [9.17, 15) is 14.4 Å². The molecule has 1 aliphatic rings. The van der Waals surface area contributed by atoms with E-state index >= 15 is 0 Å². The normalized spacial score (nSPS) is 16.4. The summed E-state index contributed by atoms with van der Waals surface area (Å²) < 4.78 is 4.47. The monoisotopic (exact) mass is 362 g/mol. The van der Waals surface area contributed by atoms with Crippen LogP contribution < -0.4 is 5.32 Å². The molecule has 1 fully saturated rings. The van der Waals surface area contributed by atoms with E-state index in [4.69, 9.17) is 0 Å². The zero-order chi connectivity index (χ0) is 19.4. The maximum Gasteiger partial charge on any atom is 0.330 e. The number of benzene rings is 1. The predicted molar refractivity (Wildman–Crippen MR) is 103 cm³/mol. The van der Waals surface area contributed by atoms with Gasteiger partial charge in [-0.3, -0.25) is 9.59 Å². The van der Waals surface area contributed by atoms with E-state index in [1.165, 1.54) is 13.2 Å². The number of ether oxygens (including phenoxy) is 1. The highest BCUT2D eigenvalue weighted by molar-refractivity contribution is 5.94. The van der Waals surface area contributed by atoms with Crippen LogP contribution in [0.3, 0.4) is 0 Å². The van der Waals surface area contributed by atoms with Crippen molar-refractivity contribution in [3.63, 3.8) is 0 Å². The molecule has 2 amide bonds. The van der Waals surface area contributed by atoms with Gasteiger partial charge in [0.25, 0.3) is 5.91 Å². The van der Waals surface area contributed by atoms with Crippen molar-refractivity contribution in [2.75, 3.05) is 26.7 Å². The van der Waals surface area contributed by atoms with Crippen LogP contribution in [0.15, 0.2) is 42.5 Å². The predicted octanol–water partition coefficient (Wildman–Crippen LogP) is 2.66. The van der Waals surface area contributed by atoms with Crippen LogP contribution >= 0.6 is 0 Å². The van der Waals surface area contributed by atoms with Crippen molar-refractivity contribution >= 4 is 17.8 Å². The van der Waals surface area contributed by atoms with Crippen LogP contribution in [0, 0.1) is 5.92 Å². The van der Waals surface area contributed by atoms with Crippen molar-refractivity contribution in [3.8, 4) is 0 Å². The van der Waals surface area contributed by atoms with Gasteiger partial charge in [0.2, 0.25) is 5.91 Å². The van der Waals surface area contributed by atoms with Crippen LogP contribution in [0.4, 0.5) is 0 Å². The summed E-state index contributed by atoms with van der Waals surface area (Å²) in [5.41, 5.74) is 0.638. The molecule has 26 heavy (non-hydrogen) atoms. The van der Waals surface area contributed by atoms with E-state index in [1.54, 1.807) is 23.1 Å². The maximum atomic E-state index is 12.5. The molecule has 1 aliphatic heterocycles. The number of hydrogen-bond acceptors (Lipinski definition) is 4. The average Bonchev–Trinajstić information content (AvgIpc) is 2.72. The summed E-state index contributed by atoms with van der Waals surface area (Å²) in [4.78, 5) is 37.4. The SMILES string of the molecule is CC.COC(=O)/C=C/CNC(=O)C1CCCN(C(=O)c2ccccc2)C1.[HH]. The van der Waals surface area contributed by atoms with E-state index in [-0.39, 0.29) is 25.7 Å². The van der Waals surface area contributed by atoms with E-state index in [2.05, 4.69) is 10.1 Å². The van der Waals surface area contributed by atoms with Crippen LogP contribution in [-0.2, 0) is 14.3 Å². The molecule has 1 heterocycles. The molecule has 1 unspecified atom stereocenters. The highest BCUT2D eigenvalue weighted by Crippen LogP contribution is 2.18. The Kier molecular flexibility index (Phi) is 9.75. The van der Waals surface area contributed by atoms with Crippen molar-refractivity contribution in [1.82, 2.24) is 10.2 Å². The molecule has 0 spiro atoms. The van der Waals surface area contributed by atoms with Gasteiger partial charge in [0.1, 0.15) is 0 Å². The van der Waals surface area contributed by atoms with E-state index < -0.39 is 5.97 Å². The van der Waals surface area contributed by atoms with Crippen molar-refractivity contribution in [3.05, 3.63) is 48.0 Å². The average molecular weight is 362 g/mol. The third kappa shape index (κ3) is 6.70. The first-order chi connectivity index (χ1) is 12.6. The minimum Gasteiger partial charge on any atom is -0.466 e. The molecule has 1 atom stereocenters. The van der Waals surface area contributed by atoms with Gasteiger partial charge in [0.15, 0.2) is 0 Å². The second-order valence-electron chi connectivity index (χ2n) is 5.63. The molecular formula is C20H30N2O4. The number of amides is 2. The summed E-state index contributed by atoms with van der Waals surface area (Å²) in [6.45, 7) is 5.34. The molecule has 0 aromatic heterocycles. The Hall–Kier alpha value is -2.63. The lowest BCUT2D eigenvalue weighted by Gasteiger charge is -2.32. The fourth-order valence-corrected chi connectivity index (χ4v) is 2.67. The quantitative estimate of drug-likeness (QED) is 0.645. The second-order valence-corrected chi connectivity index (χ2v) is 5.63. The molecule has 6 nitrogen and oxygen atoms in total. The number of hydrogen-bond donors (Lipinski definition) is 1. The van der Waals surface area contributed by atoms with Crippen LogP contribution in [0.1, 0.15) is 38.5 Å². The lowest BCUT2D eigenvalue weighted by Crippen LogP contribution is -2.45. The van der Waals surface area contributed by atoms with Gasteiger partial charge in [-0.1, -0.05) is 38.1 Å². The molecule has 1 aromatic carbocycles. The molecule has 0 radical (unpaired) electrons. The first-order valence-corrected chi connectivity index (χ1v) is 8.98. The third-order valence-corrected chi connectivity index (χ3v) is 3.95. The van der Waals surface area contributed by atoms with Gasteiger partial charge < -0.3 is 15.0 Å². The zero-order valence-corrected chi connectivity index (χ0v) is 15.7. The minimum atomic E-state index is -0.457.